The van der Waals surface area contributed by atoms with Crippen molar-refractivity contribution in [3.8, 4) is 0 Å². The predicted octanol–water partition coefficient (Wildman–Crippen LogP) is 1.91. The summed E-state index contributed by atoms with van der Waals surface area (Å²) in [4.78, 5) is 21.6. The van der Waals surface area contributed by atoms with Gasteiger partial charge in [-0.05, 0) is 18.2 Å². The minimum Gasteiger partial charge on any atom is -0.478 e. The van der Waals surface area contributed by atoms with Gasteiger partial charge in [0.15, 0.2) is 0 Å². The maximum Gasteiger partial charge on any atom is 0.335 e. The van der Waals surface area contributed by atoms with Crippen LogP contribution in [0.4, 0.5) is 23.7 Å². The monoisotopic (exact) mass is 262 g/mol. The van der Waals surface area contributed by atoms with Gasteiger partial charge >= 0.3 is 12.0 Å². The summed E-state index contributed by atoms with van der Waals surface area (Å²) >= 11 is 0. The first-order valence-corrected chi connectivity index (χ1v) is 4.76. The molecule has 5 nitrogen and oxygen atoms in total. The molecule has 18 heavy (non-hydrogen) atoms. The van der Waals surface area contributed by atoms with Crippen LogP contribution in [-0.4, -0.2) is 30.1 Å². The van der Waals surface area contributed by atoms with E-state index in [0.29, 0.717) is 6.07 Å². The third kappa shape index (κ3) is 3.96. The van der Waals surface area contributed by atoms with Gasteiger partial charge in [-0.15, -0.1) is 0 Å². The number of carboxylic acids is 1. The van der Waals surface area contributed by atoms with E-state index in [4.69, 9.17) is 5.11 Å². The maximum absolute atomic E-state index is 13.3. The molecule has 0 aliphatic rings. The molecule has 0 aliphatic heterocycles. The highest BCUT2D eigenvalue weighted by Crippen LogP contribution is 2.15. The minimum absolute atomic E-state index is 0.286. The molecule has 8 heteroatoms. The fraction of sp³-hybridized carbons (Fsp3) is 0.200. The fourth-order valence-electron chi connectivity index (χ4n) is 1.09. The minimum atomic E-state index is -2.71. The van der Waals surface area contributed by atoms with Crippen LogP contribution in [-0.2, 0) is 0 Å². The van der Waals surface area contributed by atoms with Crippen molar-refractivity contribution in [3.05, 3.63) is 29.6 Å². The third-order valence-corrected chi connectivity index (χ3v) is 1.88. The number of anilines is 1. The van der Waals surface area contributed by atoms with Gasteiger partial charge in [-0.3, -0.25) is 0 Å². The maximum atomic E-state index is 13.3. The molecular formula is C10H9F3N2O3. The van der Waals surface area contributed by atoms with Crippen LogP contribution in [0, 0.1) is 5.82 Å². The highest BCUT2D eigenvalue weighted by Gasteiger charge is 2.11. The van der Waals surface area contributed by atoms with Crippen molar-refractivity contribution in [1.29, 1.82) is 0 Å². The second kappa shape index (κ2) is 5.89. The zero-order chi connectivity index (χ0) is 13.7. The molecule has 0 saturated heterocycles. The van der Waals surface area contributed by atoms with Crippen LogP contribution < -0.4 is 10.6 Å². The number of hydrogen-bond acceptors (Lipinski definition) is 2. The topological polar surface area (TPSA) is 78.4 Å². The molecule has 0 bridgehead atoms. The number of nitrogens with one attached hydrogen (secondary N) is 2. The van der Waals surface area contributed by atoms with Crippen LogP contribution in [0.5, 0.6) is 0 Å². The Morgan fingerprint density at radius 1 is 1.33 bits per heavy atom. The van der Waals surface area contributed by atoms with Gasteiger partial charge in [0, 0.05) is 0 Å². The SMILES string of the molecule is O=C(NCC(F)F)Nc1ccc(C(=O)O)cc1F. The van der Waals surface area contributed by atoms with Crippen LogP contribution in [0.1, 0.15) is 10.4 Å². The number of halogens is 3. The number of alkyl halides is 2. The average molecular weight is 262 g/mol. The third-order valence-electron chi connectivity index (χ3n) is 1.88. The first-order chi connectivity index (χ1) is 8.40. The van der Waals surface area contributed by atoms with E-state index >= 15 is 0 Å². The Kier molecular flexibility index (Phi) is 4.52. The molecule has 2 amide bonds. The number of amides is 2. The predicted molar refractivity (Wildman–Crippen MR) is 56.4 cm³/mol. The molecule has 1 rings (SSSR count). The Morgan fingerprint density at radius 2 is 2.00 bits per heavy atom. The van der Waals surface area contributed by atoms with Gasteiger partial charge in [0.2, 0.25) is 0 Å². The molecule has 3 N–H and O–H groups in total. The Morgan fingerprint density at radius 3 is 2.50 bits per heavy atom. The van der Waals surface area contributed by atoms with Crippen molar-refractivity contribution in [2.45, 2.75) is 6.43 Å². The van der Waals surface area contributed by atoms with E-state index in [9.17, 15) is 22.8 Å². The van der Waals surface area contributed by atoms with E-state index in [2.05, 4.69) is 0 Å². The number of carboxylic acid groups (broad SMARTS) is 1. The van der Waals surface area contributed by atoms with Crippen molar-refractivity contribution in [3.63, 3.8) is 0 Å². The van der Waals surface area contributed by atoms with Crippen LogP contribution in [0.25, 0.3) is 0 Å². The summed E-state index contributed by atoms with van der Waals surface area (Å²) in [6.07, 6.45) is -2.71. The zero-order valence-electron chi connectivity index (χ0n) is 8.91. The van der Waals surface area contributed by atoms with Crippen LogP contribution in [0.3, 0.4) is 0 Å². The first-order valence-electron chi connectivity index (χ1n) is 4.76. The van der Waals surface area contributed by atoms with Gasteiger partial charge in [-0.2, -0.15) is 0 Å². The van der Waals surface area contributed by atoms with Gasteiger partial charge in [0.05, 0.1) is 17.8 Å². The summed E-state index contributed by atoms with van der Waals surface area (Å²) in [6.45, 7) is -0.860. The normalized spacial score (nSPS) is 10.2. The van der Waals surface area contributed by atoms with E-state index < -0.39 is 30.8 Å². The van der Waals surface area contributed by atoms with E-state index in [1.54, 1.807) is 0 Å². The Hall–Kier alpha value is -2.25. The number of hydrogen-bond donors (Lipinski definition) is 3. The lowest BCUT2D eigenvalue weighted by Crippen LogP contribution is -2.32. The van der Waals surface area contributed by atoms with E-state index in [-0.39, 0.29) is 11.3 Å². The summed E-state index contributed by atoms with van der Waals surface area (Å²) in [5.41, 5.74) is -0.585. The summed E-state index contributed by atoms with van der Waals surface area (Å²) < 4.78 is 36.9. The van der Waals surface area contributed by atoms with E-state index in [1.165, 1.54) is 0 Å². The number of benzene rings is 1. The van der Waals surface area contributed by atoms with E-state index in [1.807, 2.05) is 10.6 Å². The quantitative estimate of drug-likeness (QED) is 0.775. The summed E-state index contributed by atoms with van der Waals surface area (Å²) in [6, 6.07) is 1.82. The molecule has 0 unspecified atom stereocenters. The smallest absolute Gasteiger partial charge is 0.335 e. The average Bonchev–Trinajstić information content (AvgIpc) is 2.29. The Bertz CT molecular complexity index is 466. The van der Waals surface area contributed by atoms with Crippen molar-refractivity contribution >= 4 is 17.7 Å². The molecule has 0 spiro atoms. The van der Waals surface area contributed by atoms with Gasteiger partial charge in [-0.25, -0.2) is 22.8 Å². The molecular weight excluding hydrogens is 253 g/mol. The van der Waals surface area contributed by atoms with Gasteiger partial charge < -0.3 is 15.7 Å². The number of urea groups is 1. The highest BCUT2D eigenvalue weighted by atomic mass is 19.3. The number of aromatic carboxylic acids is 1. The van der Waals surface area contributed by atoms with Crippen molar-refractivity contribution in [2.75, 3.05) is 11.9 Å². The van der Waals surface area contributed by atoms with Crippen LogP contribution in [0.15, 0.2) is 18.2 Å². The van der Waals surface area contributed by atoms with Crippen LogP contribution >= 0.6 is 0 Å². The molecule has 1 aromatic rings. The Labute approximate surface area is 99.6 Å². The molecule has 0 heterocycles. The molecule has 98 valence electrons. The summed E-state index contributed by atoms with van der Waals surface area (Å²) in [7, 11) is 0. The standard InChI is InChI=1S/C10H9F3N2O3/c11-6-3-5(9(16)17)1-2-7(6)15-10(18)14-4-8(12)13/h1-3,8H,4H2,(H,16,17)(H2,14,15,18). The number of carbonyl (C=O) groups is 2. The molecule has 0 fully saturated rings. The second-order valence-electron chi connectivity index (χ2n) is 3.23. The molecule has 0 atom stereocenters. The first kappa shape index (κ1) is 13.8. The summed E-state index contributed by atoms with van der Waals surface area (Å²) in [5, 5.41) is 12.4. The van der Waals surface area contributed by atoms with Crippen molar-refractivity contribution < 1.29 is 27.9 Å². The number of carbonyl (C=O) groups excluding carboxylic acids is 1. The highest BCUT2D eigenvalue weighted by molar-refractivity contribution is 5.91. The second-order valence-corrected chi connectivity index (χ2v) is 3.23. The fourth-order valence-corrected chi connectivity index (χ4v) is 1.09. The lowest BCUT2D eigenvalue weighted by Gasteiger charge is -2.08. The molecule has 0 radical (unpaired) electrons. The zero-order valence-corrected chi connectivity index (χ0v) is 8.91. The summed E-state index contributed by atoms with van der Waals surface area (Å²) in [5.74, 6) is -2.29. The van der Waals surface area contributed by atoms with Crippen molar-refractivity contribution in [1.82, 2.24) is 5.32 Å². The lowest BCUT2D eigenvalue weighted by molar-refractivity contribution is 0.0696. The van der Waals surface area contributed by atoms with E-state index in [0.717, 1.165) is 12.1 Å². The van der Waals surface area contributed by atoms with Gasteiger partial charge in [0.1, 0.15) is 5.82 Å². The molecule has 0 saturated carbocycles. The largest absolute Gasteiger partial charge is 0.478 e. The molecule has 0 aliphatic carbocycles. The van der Waals surface area contributed by atoms with Gasteiger partial charge in [-0.1, -0.05) is 0 Å². The molecule has 1 aromatic carbocycles. The number of rotatable bonds is 4. The lowest BCUT2D eigenvalue weighted by atomic mass is 10.2. The van der Waals surface area contributed by atoms with Crippen LogP contribution in [0.2, 0.25) is 0 Å². The molecule has 0 aromatic heterocycles. The van der Waals surface area contributed by atoms with Crippen molar-refractivity contribution in [2.24, 2.45) is 0 Å². The Balaban J connectivity index is 2.68. The van der Waals surface area contributed by atoms with Gasteiger partial charge in [0.25, 0.3) is 6.43 Å².